The summed E-state index contributed by atoms with van der Waals surface area (Å²) in [7, 11) is 0. The summed E-state index contributed by atoms with van der Waals surface area (Å²) in [5, 5.41) is 11.5. The van der Waals surface area contributed by atoms with E-state index in [-0.39, 0.29) is 11.1 Å². The summed E-state index contributed by atoms with van der Waals surface area (Å²) in [6.45, 7) is 0. The highest BCUT2D eigenvalue weighted by Gasteiger charge is 2.27. The number of halogens is 4. The number of carboxylic acids is 1. The van der Waals surface area contributed by atoms with Gasteiger partial charge in [0.1, 0.15) is 11.9 Å². The molecule has 0 heterocycles. The van der Waals surface area contributed by atoms with Crippen molar-refractivity contribution in [1.29, 1.82) is 0 Å². The fourth-order valence-electron chi connectivity index (χ4n) is 2.26. The standard InChI is InChI=1S/C16H11ClF3NO3/c17-9-3-1-8(2-4-9)10-7-11(18)14(16(20)15(10)19)12(21-24)5-6-13(22)23/h1-4,7,12H,5-6H2,(H,22,23). The zero-order valence-electron chi connectivity index (χ0n) is 12.1. The molecule has 1 unspecified atom stereocenters. The molecular weight excluding hydrogens is 347 g/mol. The number of hydrogen-bond acceptors (Lipinski definition) is 3. The van der Waals surface area contributed by atoms with E-state index in [1.54, 1.807) is 0 Å². The van der Waals surface area contributed by atoms with Crippen LogP contribution in [-0.2, 0) is 4.79 Å². The van der Waals surface area contributed by atoms with Crippen molar-refractivity contribution in [3.63, 3.8) is 0 Å². The van der Waals surface area contributed by atoms with E-state index < -0.39 is 47.9 Å². The zero-order valence-corrected chi connectivity index (χ0v) is 12.9. The van der Waals surface area contributed by atoms with Crippen LogP contribution in [0.1, 0.15) is 24.4 Å². The second-order valence-electron chi connectivity index (χ2n) is 5.01. The van der Waals surface area contributed by atoms with Gasteiger partial charge in [0.15, 0.2) is 11.6 Å². The maximum Gasteiger partial charge on any atom is 0.303 e. The molecule has 0 saturated carbocycles. The van der Waals surface area contributed by atoms with E-state index in [1.165, 1.54) is 24.3 Å². The lowest BCUT2D eigenvalue weighted by atomic mass is 9.96. The SMILES string of the molecule is O=NC(CCC(=O)O)c1c(F)cc(-c2ccc(Cl)cc2)c(F)c1F. The molecule has 2 aromatic rings. The molecule has 0 bridgehead atoms. The Morgan fingerprint density at radius 1 is 1.17 bits per heavy atom. The molecule has 0 aliphatic carbocycles. The summed E-state index contributed by atoms with van der Waals surface area (Å²) in [6, 6.07) is 4.76. The average Bonchev–Trinajstić information content (AvgIpc) is 2.54. The lowest BCUT2D eigenvalue weighted by molar-refractivity contribution is -0.137. The topological polar surface area (TPSA) is 66.7 Å². The molecule has 4 nitrogen and oxygen atoms in total. The highest BCUT2D eigenvalue weighted by atomic mass is 35.5. The van der Waals surface area contributed by atoms with Crippen molar-refractivity contribution < 1.29 is 23.1 Å². The largest absolute Gasteiger partial charge is 0.481 e. The quantitative estimate of drug-likeness (QED) is 0.578. The van der Waals surface area contributed by atoms with Crippen molar-refractivity contribution in [2.24, 2.45) is 5.18 Å². The molecule has 0 amide bonds. The zero-order chi connectivity index (χ0) is 17.9. The van der Waals surface area contributed by atoms with Gasteiger partial charge in [0, 0.05) is 17.0 Å². The number of nitrogens with zero attached hydrogens (tertiary/aromatic N) is 1. The summed E-state index contributed by atoms with van der Waals surface area (Å²) >= 11 is 5.71. The van der Waals surface area contributed by atoms with Gasteiger partial charge in [0.05, 0.1) is 5.56 Å². The fraction of sp³-hybridized carbons (Fsp3) is 0.188. The van der Waals surface area contributed by atoms with Crippen LogP contribution in [-0.4, -0.2) is 11.1 Å². The second kappa shape index (κ2) is 7.44. The first kappa shape index (κ1) is 17.9. The Kier molecular flexibility index (Phi) is 5.56. The second-order valence-corrected chi connectivity index (χ2v) is 5.44. The molecule has 0 saturated heterocycles. The number of hydrogen-bond donors (Lipinski definition) is 1. The summed E-state index contributed by atoms with van der Waals surface area (Å²) in [5.74, 6) is -5.34. The van der Waals surface area contributed by atoms with Gasteiger partial charge in [0.2, 0.25) is 0 Å². The molecule has 1 atom stereocenters. The van der Waals surface area contributed by atoms with Crippen LogP contribution >= 0.6 is 11.6 Å². The lowest BCUT2D eigenvalue weighted by Gasteiger charge is -2.14. The highest BCUT2D eigenvalue weighted by molar-refractivity contribution is 6.30. The predicted octanol–water partition coefficient (Wildman–Crippen LogP) is 5.10. The Hall–Kier alpha value is -2.41. The van der Waals surface area contributed by atoms with E-state index in [1.807, 2.05) is 0 Å². The maximum atomic E-state index is 14.3. The first-order valence-electron chi connectivity index (χ1n) is 6.82. The molecule has 8 heteroatoms. The summed E-state index contributed by atoms with van der Waals surface area (Å²) < 4.78 is 42.8. The van der Waals surface area contributed by atoms with E-state index in [0.29, 0.717) is 5.02 Å². The van der Waals surface area contributed by atoms with Crippen molar-refractivity contribution in [3.8, 4) is 11.1 Å². The van der Waals surface area contributed by atoms with E-state index in [4.69, 9.17) is 16.7 Å². The molecule has 2 aromatic carbocycles. The first-order valence-corrected chi connectivity index (χ1v) is 7.20. The Morgan fingerprint density at radius 3 is 2.33 bits per heavy atom. The maximum absolute atomic E-state index is 14.3. The third-order valence-corrected chi connectivity index (χ3v) is 3.69. The van der Waals surface area contributed by atoms with Crippen LogP contribution in [0.15, 0.2) is 35.5 Å². The molecule has 0 spiro atoms. The number of carbonyl (C=O) groups is 1. The minimum Gasteiger partial charge on any atom is -0.481 e. The van der Waals surface area contributed by atoms with Gasteiger partial charge in [-0.25, -0.2) is 13.2 Å². The van der Waals surface area contributed by atoms with Gasteiger partial charge in [-0.05, 0) is 30.2 Å². The minimum atomic E-state index is -1.63. The van der Waals surface area contributed by atoms with Gasteiger partial charge in [0.25, 0.3) is 0 Å². The normalized spacial score (nSPS) is 12.0. The monoisotopic (exact) mass is 357 g/mol. The van der Waals surface area contributed by atoms with Crippen molar-refractivity contribution in [2.75, 3.05) is 0 Å². The number of aliphatic carboxylic acids is 1. The highest BCUT2D eigenvalue weighted by Crippen LogP contribution is 2.34. The third-order valence-electron chi connectivity index (χ3n) is 3.44. The minimum absolute atomic E-state index is 0.197. The molecule has 0 radical (unpaired) electrons. The van der Waals surface area contributed by atoms with Crippen molar-refractivity contribution in [1.82, 2.24) is 0 Å². The Labute approximate surface area is 139 Å². The molecule has 0 fully saturated rings. The van der Waals surface area contributed by atoms with E-state index in [9.17, 15) is 22.9 Å². The number of rotatable bonds is 6. The van der Waals surface area contributed by atoms with Crippen molar-refractivity contribution in [2.45, 2.75) is 18.9 Å². The number of nitroso groups, excluding NO2 is 1. The van der Waals surface area contributed by atoms with Crippen LogP contribution < -0.4 is 0 Å². The molecule has 1 N–H and O–H groups in total. The van der Waals surface area contributed by atoms with E-state index in [2.05, 4.69) is 5.18 Å². The number of carboxylic acid groups (broad SMARTS) is 1. The van der Waals surface area contributed by atoms with Gasteiger partial charge in [-0.3, -0.25) is 4.79 Å². The Balaban J connectivity index is 2.49. The number of benzene rings is 2. The Morgan fingerprint density at radius 2 is 1.79 bits per heavy atom. The Bertz CT molecular complexity index is 781. The van der Waals surface area contributed by atoms with Gasteiger partial charge < -0.3 is 5.11 Å². The third kappa shape index (κ3) is 3.73. The molecule has 0 aliphatic rings. The summed E-state index contributed by atoms with van der Waals surface area (Å²) in [6.07, 6.45) is -0.970. The van der Waals surface area contributed by atoms with Crippen LogP contribution in [0.2, 0.25) is 5.02 Å². The van der Waals surface area contributed by atoms with Gasteiger partial charge in [-0.1, -0.05) is 28.9 Å². The van der Waals surface area contributed by atoms with Gasteiger partial charge >= 0.3 is 5.97 Å². The molecule has 126 valence electrons. The molecular formula is C16H11ClF3NO3. The molecule has 0 aromatic heterocycles. The molecule has 24 heavy (non-hydrogen) atoms. The van der Waals surface area contributed by atoms with E-state index in [0.717, 1.165) is 6.07 Å². The van der Waals surface area contributed by atoms with Gasteiger partial charge in [-0.2, -0.15) is 4.91 Å². The molecule has 0 aliphatic heterocycles. The summed E-state index contributed by atoms with van der Waals surface area (Å²) in [5.41, 5.74) is -1.02. The van der Waals surface area contributed by atoms with E-state index >= 15 is 0 Å². The fourth-order valence-corrected chi connectivity index (χ4v) is 2.39. The van der Waals surface area contributed by atoms with Crippen LogP contribution in [0.5, 0.6) is 0 Å². The lowest BCUT2D eigenvalue weighted by Crippen LogP contribution is -2.08. The van der Waals surface area contributed by atoms with Crippen molar-refractivity contribution in [3.05, 3.63) is 63.3 Å². The van der Waals surface area contributed by atoms with Crippen LogP contribution in [0.3, 0.4) is 0 Å². The van der Waals surface area contributed by atoms with Crippen LogP contribution in [0.4, 0.5) is 13.2 Å². The van der Waals surface area contributed by atoms with Gasteiger partial charge in [-0.15, -0.1) is 0 Å². The first-order chi connectivity index (χ1) is 11.3. The smallest absolute Gasteiger partial charge is 0.303 e. The summed E-state index contributed by atoms with van der Waals surface area (Å²) in [4.78, 5) is 21.4. The van der Waals surface area contributed by atoms with Crippen LogP contribution in [0.25, 0.3) is 11.1 Å². The molecule has 2 rings (SSSR count). The predicted molar refractivity (Wildman–Crippen MR) is 82.2 cm³/mol. The average molecular weight is 358 g/mol. The van der Waals surface area contributed by atoms with Crippen molar-refractivity contribution >= 4 is 17.6 Å². The van der Waals surface area contributed by atoms with Crippen LogP contribution in [0, 0.1) is 22.4 Å².